The topological polar surface area (TPSA) is 45.1 Å². The third-order valence-corrected chi connectivity index (χ3v) is 3.22. The number of nitrogens with one attached hydrogen (secondary N) is 1. The molecule has 96 valence electrons. The maximum atomic E-state index is 9.98. The molecule has 0 spiro atoms. The van der Waals surface area contributed by atoms with Crippen LogP contribution in [0, 0.1) is 0 Å². The van der Waals surface area contributed by atoms with E-state index in [1.807, 2.05) is 31.6 Å². The number of aromatic nitrogens is 1. The molecule has 1 aromatic carbocycles. The fraction of sp³-hybridized carbons (Fsp3) is 0.400. The van der Waals surface area contributed by atoms with Gasteiger partial charge in [-0.05, 0) is 35.5 Å². The highest BCUT2D eigenvalue weighted by molar-refractivity contribution is 5.85. The van der Waals surface area contributed by atoms with E-state index in [1.54, 1.807) is 0 Å². The lowest BCUT2D eigenvalue weighted by molar-refractivity contribution is 0.178. The van der Waals surface area contributed by atoms with Crippen molar-refractivity contribution in [3.05, 3.63) is 41.7 Å². The van der Waals surface area contributed by atoms with Crippen LogP contribution in [0.2, 0.25) is 0 Å². The van der Waals surface area contributed by atoms with E-state index in [2.05, 4.69) is 30.2 Å². The molecule has 2 rings (SSSR count). The Balaban J connectivity index is 2.47. The number of aliphatic hydroxyl groups is 1. The largest absolute Gasteiger partial charge is 0.387 e. The molecule has 0 saturated carbocycles. The van der Waals surface area contributed by atoms with Crippen LogP contribution in [0.15, 0.2) is 30.6 Å². The summed E-state index contributed by atoms with van der Waals surface area (Å²) in [6.45, 7) is 4.89. The molecule has 1 atom stereocenters. The number of rotatable bonds is 4. The van der Waals surface area contributed by atoms with Crippen LogP contribution in [0.25, 0.3) is 10.8 Å². The zero-order valence-corrected chi connectivity index (χ0v) is 11.1. The van der Waals surface area contributed by atoms with Crippen molar-refractivity contribution in [2.45, 2.75) is 25.9 Å². The normalized spacial score (nSPS) is 13.2. The number of hydrogen-bond donors (Lipinski definition) is 2. The summed E-state index contributed by atoms with van der Waals surface area (Å²) in [7, 11) is 1.84. The monoisotopic (exact) mass is 244 g/mol. The number of hydrogen-bond acceptors (Lipinski definition) is 3. The van der Waals surface area contributed by atoms with Crippen molar-refractivity contribution in [3.63, 3.8) is 0 Å². The quantitative estimate of drug-likeness (QED) is 0.869. The van der Waals surface area contributed by atoms with Gasteiger partial charge in [-0.15, -0.1) is 0 Å². The van der Waals surface area contributed by atoms with Gasteiger partial charge in [-0.25, -0.2) is 0 Å². The number of fused-ring (bicyclic) bond motifs is 1. The summed E-state index contributed by atoms with van der Waals surface area (Å²) in [6, 6.07) is 6.10. The van der Waals surface area contributed by atoms with Crippen LogP contribution in [0.5, 0.6) is 0 Å². The van der Waals surface area contributed by atoms with Crippen molar-refractivity contribution in [2.24, 2.45) is 0 Å². The SMILES string of the molecule is CNCC(O)c1ccc2c(C(C)C)cncc2c1. The predicted molar refractivity (Wildman–Crippen MR) is 74.7 cm³/mol. The molecule has 18 heavy (non-hydrogen) atoms. The average molecular weight is 244 g/mol. The Labute approximate surface area is 108 Å². The van der Waals surface area contributed by atoms with E-state index in [0.717, 1.165) is 10.9 Å². The van der Waals surface area contributed by atoms with Gasteiger partial charge >= 0.3 is 0 Å². The average Bonchev–Trinajstić information content (AvgIpc) is 2.37. The Bertz CT molecular complexity index is 537. The van der Waals surface area contributed by atoms with E-state index in [9.17, 15) is 5.11 Å². The molecule has 0 fully saturated rings. The third-order valence-electron chi connectivity index (χ3n) is 3.22. The van der Waals surface area contributed by atoms with Gasteiger partial charge in [0, 0.05) is 24.3 Å². The highest BCUT2D eigenvalue weighted by atomic mass is 16.3. The van der Waals surface area contributed by atoms with Crippen molar-refractivity contribution in [1.82, 2.24) is 10.3 Å². The van der Waals surface area contributed by atoms with E-state index in [-0.39, 0.29) is 0 Å². The number of nitrogens with zero attached hydrogens (tertiary/aromatic N) is 1. The number of likely N-dealkylation sites (N-methyl/N-ethyl adjacent to an activating group) is 1. The maximum absolute atomic E-state index is 9.98. The second-order valence-corrected chi connectivity index (χ2v) is 4.94. The van der Waals surface area contributed by atoms with Crippen molar-refractivity contribution in [2.75, 3.05) is 13.6 Å². The number of pyridine rings is 1. The van der Waals surface area contributed by atoms with Crippen LogP contribution in [0.3, 0.4) is 0 Å². The summed E-state index contributed by atoms with van der Waals surface area (Å²) >= 11 is 0. The third kappa shape index (κ3) is 2.52. The van der Waals surface area contributed by atoms with Gasteiger partial charge in [-0.1, -0.05) is 26.0 Å². The van der Waals surface area contributed by atoms with Crippen molar-refractivity contribution < 1.29 is 5.11 Å². The first kappa shape index (κ1) is 13.0. The van der Waals surface area contributed by atoms with Crippen LogP contribution in [-0.4, -0.2) is 23.7 Å². The van der Waals surface area contributed by atoms with Crippen molar-refractivity contribution >= 4 is 10.8 Å². The van der Waals surface area contributed by atoms with Crippen LogP contribution < -0.4 is 5.32 Å². The van der Waals surface area contributed by atoms with Gasteiger partial charge < -0.3 is 10.4 Å². The van der Waals surface area contributed by atoms with Gasteiger partial charge in [-0.3, -0.25) is 4.98 Å². The smallest absolute Gasteiger partial charge is 0.0914 e. The number of aliphatic hydroxyl groups excluding tert-OH is 1. The Kier molecular flexibility index (Phi) is 3.94. The van der Waals surface area contributed by atoms with Crippen LogP contribution in [0.1, 0.15) is 37.0 Å². The van der Waals surface area contributed by atoms with E-state index in [0.29, 0.717) is 12.5 Å². The lowest BCUT2D eigenvalue weighted by Crippen LogP contribution is -2.16. The molecule has 1 heterocycles. The van der Waals surface area contributed by atoms with Crippen molar-refractivity contribution in [3.8, 4) is 0 Å². The van der Waals surface area contributed by atoms with Crippen LogP contribution in [-0.2, 0) is 0 Å². The first-order chi connectivity index (χ1) is 8.63. The zero-order valence-electron chi connectivity index (χ0n) is 11.1. The van der Waals surface area contributed by atoms with E-state index in [4.69, 9.17) is 0 Å². The van der Waals surface area contributed by atoms with Gasteiger partial charge in [0.2, 0.25) is 0 Å². The Morgan fingerprint density at radius 3 is 2.72 bits per heavy atom. The maximum Gasteiger partial charge on any atom is 0.0914 e. The molecule has 0 aliphatic rings. The molecule has 0 radical (unpaired) electrons. The molecule has 3 heteroatoms. The standard InChI is InChI=1S/C15H20N2O/c1-10(2)14-8-17-7-12-6-11(4-5-13(12)14)15(18)9-16-3/h4-8,10,15-16,18H,9H2,1-3H3. The lowest BCUT2D eigenvalue weighted by Gasteiger charge is -2.13. The van der Waals surface area contributed by atoms with Gasteiger partial charge in [-0.2, -0.15) is 0 Å². The fourth-order valence-electron chi connectivity index (χ4n) is 2.20. The first-order valence-electron chi connectivity index (χ1n) is 6.33. The first-order valence-corrected chi connectivity index (χ1v) is 6.33. The Morgan fingerprint density at radius 1 is 1.28 bits per heavy atom. The summed E-state index contributed by atoms with van der Waals surface area (Å²) in [6.07, 6.45) is 3.31. The van der Waals surface area contributed by atoms with Crippen molar-refractivity contribution in [1.29, 1.82) is 0 Å². The Hall–Kier alpha value is -1.45. The minimum Gasteiger partial charge on any atom is -0.387 e. The molecule has 0 aliphatic heterocycles. The molecular formula is C15H20N2O. The highest BCUT2D eigenvalue weighted by Gasteiger charge is 2.10. The van der Waals surface area contributed by atoms with E-state index in [1.165, 1.54) is 10.9 Å². The molecule has 0 aliphatic carbocycles. The zero-order chi connectivity index (χ0) is 13.1. The molecular weight excluding hydrogens is 224 g/mol. The summed E-state index contributed by atoms with van der Waals surface area (Å²) < 4.78 is 0. The lowest BCUT2D eigenvalue weighted by atomic mass is 9.96. The highest BCUT2D eigenvalue weighted by Crippen LogP contribution is 2.26. The molecule has 2 N–H and O–H groups in total. The molecule has 0 saturated heterocycles. The van der Waals surface area contributed by atoms with Gasteiger partial charge in [0.05, 0.1) is 6.10 Å². The predicted octanol–water partition coefficient (Wildman–Crippen LogP) is 2.61. The summed E-state index contributed by atoms with van der Waals surface area (Å²) in [4.78, 5) is 4.28. The molecule has 1 aromatic heterocycles. The van der Waals surface area contributed by atoms with E-state index < -0.39 is 6.10 Å². The Morgan fingerprint density at radius 2 is 2.06 bits per heavy atom. The summed E-state index contributed by atoms with van der Waals surface area (Å²) in [5.41, 5.74) is 2.18. The van der Waals surface area contributed by atoms with Gasteiger partial charge in [0.25, 0.3) is 0 Å². The fourth-order valence-corrected chi connectivity index (χ4v) is 2.20. The van der Waals surface area contributed by atoms with Gasteiger partial charge in [0.1, 0.15) is 0 Å². The molecule has 0 amide bonds. The van der Waals surface area contributed by atoms with Gasteiger partial charge in [0.15, 0.2) is 0 Å². The summed E-state index contributed by atoms with van der Waals surface area (Å²) in [5, 5.41) is 15.3. The van der Waals surface area contributed by atoms with Crippen LogP contribution >= 0.6 is 0 Å². The molecule has 2 aromatic rings. The summed E-state index contributed by atoms with van der Waals surface area (Å²) in [5.74, 6) is 0.453. The number of benzene rings is 1. The minimum atomic E-state index is -0.470. The molecule has 0 bridgehead atoms. The minimum absolute atomic E-state index is 0.453. The second kappa shape index (κ2) is 5.46. The molecule has 3 nitrogen and oxygen atoms in total. The second-order valence-electron chi connectivity index (χ2n) is 4.94. The van der Waals surface area contributed by atoms with E-state index >= 15 is 0 Å². The van der Waals surface area contributed by atoms with Crippen LogP contribution in [0.4, 0.5) is 0 Å². The molecule has 1 unspecified atom stereocenters.